The number of nitrogen functional groups attached to an aromatic ring is 1. The van der Waals surface area contributed by atoms with Crippen molar-refractivity contribution < 1.29 is 26.3 Å². The molecule has 1 aromatic carbocycles. The molecule has 0 saturated carbocycles. The number of nitrogens with two attached hydrogens (primary N) is 2. The van der Waals surface area contributed by atoms with Gasteiger partial charge in [-0.1, -0.05) is 0 Å². The third kappa shape index (κ3) is 3.48. The van der Waals surface area contributed by atoms with Gasteiger partial charge in [0.2, 0.25) is 10.0 Å². The second-order valence-electron chi connectivity index (χ2n) is 2.89. The van der Waals surface area contributed by atoms with Gasteiger partial charge in [0.05, 0.1) is 4.47 Å². The molecule has 1 aromatic rings. The van der Waals surface area contributed by atoms with E-state index in [-0.39, 0.29) is 10.2 Å². The van der Waals surface area contributed by atoms with E-state index < -0.39 is 27.0 Å². The Morgan fingerprint density at radius 2 is 1.82 bits per heavy atom. The van der Waals surface area contributed by atoms with Crippen LogP contribution in [0.2, 0.25) is 0 Å². The van der Waals surface area contributed by atoms with E-state index in [4.69, 9.17) is 10.9 Å². The quantitative estimate of drug-likeness (QED) is 0.802. The van der Waals surface area contributed by atoms with Crippen molar-refractivity contribution in [2.75, 3.05) is 5.73 Å². The number of alkyl halides is 3. The SMILES string of the molecule is Nc1ccc(OC(F)(F)F)c(S(N)(=O)=O)c1Br. The summed E-state index contributed by atoms with van der Waals surface area (Å²) in [4.78, 5) is -0.852. The van der Waals surface area contributed by atoms with E-state index in [1.807, 2.05) is 0 Å². The van der Waals surface area contributed by atoms with Crippen molar-refractivity contribution in [2.45, 2.75) is 11.3 Å². The maximum Gasteiger partial charge on any atom is 0.573 e. The normalized spacial score (nSPS) is 12.5. The second-order valence-corrected chi connectivity index (χ2v) is 5.18. The number of ether oxygens (including phenoxy) is 1. The molecular formula is C7H6BrF3N2O3S. The summed E-state index contributed by atoms with van der Waals surface area (Å²) in [6.45, 7) is 0. The van der Waals surface area contributed by atoms with Crippen molar-refractivity contribution in [1.82, 2.24) is 0 Å². The average Bonchev–Trinajstić information content (AvgIpc) is 2.06. The predicted molar refractivity (Wildman–Crippen MR) is 56.6 cm³/mol. The van der Waals surface area contributed by atoms with E-state index in [1.54, 1.807) is 0 Å². The molecule has 0 saturated heterocycles. The lowest BCUT2D eigenvalue weighted by Gasteiger charge is -2.14. The van der Waals surface area contributed by atoms with Crippen LogP contribution < -0.4 is 15.6 Å². The van der Waals surface area contributed by atoms with Gasteiger partial charge in [-0.2, -0.15) is 0 Å². The van der Waals surface area contributed by atoms with E-state index in [0.29, 0.717) is 0 Å². The van der Waals surface area contributed by atoms with E-state index in [0.717, 1.165) is 12.1 Å². The third-order valence-electron chi connectivity index (χ3n) is 1.60. The minimum Gasteiger partial charge on any atom is -0.404 e. The van der Waals surface area contributed by atoms with Crippen molar-refractivity contribution in [1.29, 1.82) is 0 Å². The van der Waals surface area contributed by atoms with Crippen molar-refractivity contribution in [3.8, 4) is 5.75 Å². The Morgan fingerprint density at radius 3 is 2.24 bits per heavy atom. The Morgan fingerprint density at radius 1 is 1.29 bits per heavy atom. The topological polar surface area (TPSA) is 95.4 Å². The zero-order chi connectivity index (χ0) is 13.4. The summed E-state index contributed by atoms with van der Waals surface area (Å²) in [5.41, 5.74) is 5.27. The highest BCUT2D eigenvalue weighted by Crippen LogP contribution is 2.37. The Balaban J connectivity index is 3.47. The van der Waals surface area contributed by atoms with Crippen LogP contribution in [0.1, 0.15) is 0 Å². The Hall–Kier alpha value is -1.00. The third-order valence-corrected chi connectivity index (χ3v) is 3.69. The minimum atomic E-state index is -5.03. The molecule has 0 aliphatic heterocycles. The molecule has 5 nitrogen and oxygen atoms in total. The van der Waals surface area contributed by atoms with Gasteiger partial charge in [-0.05, 0) is 28.1 Å². The second kappa shape index (κ2) is 4.35. The number of anilines is 1. The van der Waals surface area contributed by atoms with Crippen LogP contribution in [0.25, 0.3) is 0 Å². The molecule has 0 heterocycles. The van der Waals surface area contributed by atoms with Gasteiger partial charge in [0.25, 0.3) is 0 Å². The number of benzene rings is 1. The average molecular weight is 335 g/mol. The highest BCUT2D eigenvalue weighted by molar-refractivity contribution is 9.10. The summed E-state index contributed by atoms with van der Waals surface area (Å²) in [5, 5.41) is 4.79. The summed E-state index contributed by atoms with van der Waals surface area (Å²) < 4.78 is 61.7. The van der Waals surface area contributed by atoms with Crippen LogP contribution in [-0.2, 0) is 10.0 Å². The first-order chi connectivity index (χ1) is 7.52. The van der Waals surface area contributed by atoms with Crippen LogP contribution >= 0.6 is 15.9 Å². The van der Waals surface area contributed by atoms with E-state index >= 15 is 0 Å². The molecule has 0 aliphatic rings. The standard InChI is InChI=1S/C7H6BrF3N2O3S/c8-5-3(12)1-2-4(16-7(9,10)11)6(5)17(13,14)15/h1-2H,12H2,(H2,13,14,15). The van der Waals surface area contributed by atoms with Crippen LogP contribution in [0.5, 0.6) is 5.75 Å². The molecule has 96 valence electrons. The van der Waals surface area contributed by atoms with E-state index in [1.165, 1.54) is 0 Å². The Bertz CT molecular complexity index is 544. The minimum absolute atomic E-state index is 0.0800. The Kier molecular flexibility index (Phi) is 3.60. The van der Waals surface area contributed by atoms with Crippen molar-refractivity contribution in [3.05, 3.63) is 16.6 Å². The summed E-state index contributed by atoms with van der Waals surface area (Å²) in [6, 6.07) is 1.83. The molecule has 0 spiro atoms. The van der Waals surface area contributed by atoms with Gasteiger partial charge >= 0.3 is 6.36 Å². The van der Waals surface area contributed by atoms with Crippen LogP contribution in [-0.4, -0.2) is 14.8 Å². The van der Waals surface area contributed by atoms with E-state index in [2.05, 4.69) is 20.7 Å². The molecule has 17 heavy (non-hydrogen) atoms. The highest BCUT2D eigenvalue weighted by atomic mass is 79.9. The summed E-state index contributed by atoms with van der Waals surface area (Å²) >= 11 is 2.74. The smallest absolute Gasteiger partial charge is 0.404 e. The first-order valence-corrected chi connectivity index (χ1v) is 6.23. The molecule has 0 unspecified atom stereocenters. The number of rotatable bonds is 2. The fourth-order valence-electron chi connectivity index (χ4n) is 1.02. The summed E-state index contributed by atoms with van der Waals surface area (Å²) in [5.74, 6) is -0.943. The molecule has 4 N–H and O–H groups in total. The zero-order valence-corrected chi connectivity index (χ0v) is 10.4. The van der Waals surface area contributed by atoms with Crippen molar-refractivity contribution >= 4 is 31.6 Å². The lowest BCUT2D eigenvalue weighted by atomic mass is 10.3. The molecular weight excluding hydrogens is 329 g/mol. The van der Waals surface area contributed by atoms with Gasteiger partial charge in [0.15, 0.2) is 5.75 Å². The number of sulfonamides is 1. The van der Waals surface area contributed by atoms with E-state index in [9.17, 15) is 21.6 Å². The van der Waals surface area contributed by atoms with Crippen molar-refractivity contribution in [2.24, 2.45) is 5.14 Å². The Labute approximate surface area is 103 Å². The monoisotopic (exact) mass is 334 g/mol. The maximum absolute atomic E-state index is 12.0. The lowest BCUT2D eigenvalue weighted by molar-refractivity contribution is -0.275. The molecule has 0 bridgehead atoms. The van der Waals surface area contributed by atoms with Gasteiger partial charge < -0.3 is 10.5 Å². The van der Waals surface area contributed by atoms with Crippen LogP contribution in [0.15, 0.2) is 21.5 Å². The first kappa shape index (κ1) is 14.1. The van der Waals surface area contributed by atoms with Crippen LogP contribution in [0.4, 0.5) is 18.9 Å². The number of primary sulfonamides is 1. The largest absolute Gasteiger partial charge is 0.573 e. The molecule has 10 heteroatoms. The van der Waals surface area contributed by atoms with Crippen molar-refractivity contribution in [3.63, 3.8) is 0 Å². The van der Waals surface area contributed by atoms with Gasteiger partial charge in [0.1, 0.15) is 4.90 Å². The predicted octanol–water partition coefficient (Wildman–Crippen LogP) is 1.58. The molecule has 1 rings (SSSR count). The molecule has 0 aliphatic carbocycles. The molecule has 0 atom stereocenters. The van der Waals surface area contributed by atoms with Gasteiger partial charge in [-0.15, -0.1) is 13.2 Å². The lowest BCUT2D eigenvalue weighted by Crippen LogP contribution is -2.21. The molecule has 0 fully saturated rings. The summed E-state index contributed by atoms with van der Waals surface area (Å²) in [6.07, 6.45) is -5.03. The fourth-order valence-corrected chi connectivity index (χ4v) is 2.79. The number of hydrogen-bond donors (Lipinski definition) is 2. The first-order valence-electron chi connectivity index (χ1n) is 3.89. The van der Waals surface area contributed by atoms with Gasteiger partial charge in [-0.25, -0.2) is 13.6 Å². The maximum atomic E-state index is 12.0. The zero-order valence-electron chi connectivity index (χ0n) is 7.95. The number of hydrogen-bond acceptors (Lipinski definition) is 4. The number of halogens is 4. The molecule has 0 amide bonds. The van der Waals surface area contributed by atoms with Gasteiger partial charge in [0, 0.05) is 5.69 Å². The highest BCUT2D eigenvalue weighted by Gasteiger charge is 2.34. The fraction of sp³-hybridized carbons (Fsp3) is 0.143. The summed E-state index contributed by atoms with van der Waals surface area (Å²) in [7, 11) is -4.41. The molecule has 0 radical (unpaired) electrons. The van der Waals surface area contributed by atoms with Crippen LogP contribution in [0.3, 0.4) is 0 Å². The van der Waals surface area contributed by atoms with Crippen LogP contribution in [0, 0.1) is 0 Å². The molecule has 0 aromatic heterocycles. The van der Waals surface area contributed by atoms with Gasteiger partial charge in [-0.3, -0.25) is 0 Å².